The highest BCUT2D eigenvalue weighted by Crippen LogP contribution is 2.30. The van der Waals surface area contributed by atoms with Crippen LogP contribution in [0.1, 0.15) is 35.1 Å². The second-order valence-electron chi connectivity index (χ2n) is 9.04. The second kappa shape index (κ2) is 11.9. The predicted octanol–water partition coefficient (Wildman–Crippen LogP) is 6.32. The van der Waals surface area contributed by atoms with Gasteiger partial charge in [-0.3, -0.25) is 4.79 Å². The Balaban J connectivity index is 1.56. The molecule has 0 unspecified atom stereocenters. The molecule has 1 fully saturated rings. The van der Waals surface area contributed by atoms with Gasteiger partial charge in [0.05, 0.1) is 10.6 Å². The van der Waals surface area contributed by atoms with Gasteiger partial charge in [0, 0.05) is 37.8 Å². The van der Waals surface area contributed by atoms with Crippen LogP contribution >= 0.6 is 11.6 Å². The number of likely N-dealkylation sites (tertiary alicyclic amines) is 1. The van der Waals surface area contributed by atoms with Gasteiger partial charge in [-0.1, -0.05) is 60.1 Å². The van der Waals surface area contributed by atoms with E-state index in [9.17, 15) is 14.4 Å². The van der Waals surface area contributed by atoms with Crippen LogP contribution in [0.2, 0.25) is 5.02 Å². The van der Waals surface area contributed by atoms with Gasteiger partial charge in [-0.25, -0.2) is 4.39 Å². The van der Waals surface area contributed by atoms with Crippen molar-refractivity contribution in [1.29, 1.82) is 5.26 Å². The van der Waals surface area contributed by atoms with E-state index in [0.29, 0.717) is 55.0 Å². The third kappa shape index (κ3) is 5.95. The van der Waals surface area contributed by atoms with Crippen LogP contribution in [-0.4, -0.2) is 29.9 Å². The summed E-state index contributed by atoms with van der Waals surface area (Å²) in [5.74, 6) is -0.119. The van der Waals surface area contributed by atoms with Crippen LogP contribution in [0.25, 0.3) is 0 Å². The molecular weight excluding hydrogens is 473 g/mol. The summed E-state index contributed by atoms with van der Waals surface area (Å²) in [7, 11) is 0. The van der Waals surface area contributed by atoms with E-state index in [1.165, 1.54) is 6.07 Å². The number of benzene rings is 3. The molecule has 6 heteroatoms. The van der Waals surface area contributed by atoms with E-state index in [1.54, 1.807) is 24.3 Å². The monoisotopic (exact) mass is 501 g/mol. The standard InChI is InChI=1S/C30H29ClFN3O/c1-2-7-27-24(10-6-11-29(27)32)20-35(25-14-13-23(19-33)28(31)18-25)26-16-17-34(21-26)30(36)15-12-22-8-4-3-5-9-22/h2-6,8-11,13-14,18,26H,1,7,12,15-17,20-21H2/t26-/m0/s1. The van der Waals surface area contributed by atoms with Crippen LogP contribution in [0.5, 0.6) is 0 Å². The summed E-state index contributed by atoms with van der Waals surface area (Å²) < 4.78 is 14.6. The van der Waals surface area contributed by atoms with Crippen molar-refractivity contribution in [3.05, 3.63) is 112 Å². The summed E-state index contributed by atoms with van der Waals surface area (Å²) in [6.45, 7) is 5.49. The van der Waals surface area contributed by atoms with Gasteiger partial charge >= 0.3 is 0 Å². The zero-order chi connectivity index (χ0) is 25.5. The lowest BCUT2D eigenvalue weighted by molar-refractivity contribution is -0.130. The first-order valence-corrected chi connectivity index (χ1v) is 12.5. The molecule has 0 spiro atoms. The fourth-order valence-electron chi connectivity index (χ4n) is 4.79. The first-order chi connectivity index (χ1) is 17.5. The van der Waals surface area contributed by atoms with Crippen molar-refractivity contribution in [3.63, 3.8) is 0 Å². The molecule has 3 aromatic carbocycles. The average Bonchev–Trinajstić information content (AvgIpc) is 3.38. The van der Waals surface area contributed by atoms with Crippen LogP contribution in [0.4, 0.5) is 10.1 Å². The number of nitrogens with zero attached hydrogens (tertiary/aromatic N) is 3. The highest BCUT2D eigenvalue weighted by molar-refractivity contribution is 6.32. The van der Waals surface area contributed by atoms with Crippen LogP contribution in [0, 0.1) is 17.1 Å². The molecule has 3 aromatic rings. The Labute approximate surface area is 217 Å². The van der Waals surface area contributed by atoms with Crippen molar-refractivity contribution in [1.82, 2.24) is 4.90 Å². The second-order valence-corrected chi connectivity index (χ2v) is 9.45. The van der Waals surface area contributed by atoms with Crippen molar-refractivity contribution in [3.8, 4) is 6.07 Å². The maximum atomic E-state index is 14.6. The third-order valence-electron chi connectivity index (χ3n) is 6.74. The molecule has 0 radical (unpaired) electrons. The minimum Gasteiger partial charge on any atom is -0.362 e. The van der Waals surface area contributed by atoms with Gasteiger partial charge in [-0.15, -0.1) is 6.58 Å². The Morgan fingerprint density at radius 1 is 1.19 bits per heavy atom. The number of nitriles is 1. The first-order valence-electron chi connectivity index (χ1n) is 12.1. The molecular formula is C30H29ClFN3O. The maximum Gasteiger partial charge on any atom is 0.222 e. The summed E-state index contributed by atoms with van der Waals surface area (Å²) in [5.41, 5.74) is 3.88. The molecule has 0 N–H and O–H groups in total. The summed E-state index contributed by atoms with van der Waals surface area (Å²) in [4.78, 5) is 17.1. The molecule has 1 heterocycles. The van der Waals surface area contributed by atoms with Crippen LogP contribution in [0.15, 0.2) is 79.4 Å². The van der Waals surface area contributed by atoms with Crippen molar-refractivity contribution >= 4 is 23.2 Å². The molecule has 184 valence electrons. The first kappa shape index (κ1) is 25.5. The SMILES string of the molecule is C=CCc1c(F)cccc1CN(c1ccc(C#N)c(Cl)c1)[C@H]1CCN(C(=O)CCc2ccccc2)C1. The third-order valence-corrected chi connectivity index (χ3v) is 7.05. The lowest BCUT2D eigenvalue weighted by Gasteiger charge is -2.32. The number of halogens is 2. The Hall–Kier alpha value is -3.62. The van der Waals surface area contributed by atoms with E-state index in [2.05, 4.69) is 17.5 Å². The van der Waals surface area contributed by atoms with Gasteiger partial charge in [-0.2, -0.15) is 5.26 Å². The molecule has 1 aliphatic rings. The fraction of sp³-hybridized carbons (Fsp3) is 0.267. The Morgan fingerprint density at radius 2 is 2.00 bits per heavy atom. The molecule has 0 bridgehead atoms. The molecule has 1 amide bonds. The molecule has 1 aliphatic heterocycles. The number of carbonyl (C=O) groups excluding carboxylic acids is 1. The van der Waals surface area contributed by atoms with E-state index in [1.807, 2.05) is 47.4 Å². The Morgan fingerprint density at radius 3 is 2.72 bits per heavy atom. The molecule has 36 heavy (non-hydrogen) atoms. The van der Waals surface area contributed by atoms with Gasteiger partial charge in [0.25, 0.3) is 0 Å². The number of amides is 1. The number of aryl methyl sites for hydroxylation is 1. The molecule has 4 nitrogen and oxygen atoms in total. The smallest absolute Gasteiger partial charge is 0.222 e. The summed E-state index contributed by atoms with van der Waals surface area (Å²) in [6, 6.07) is 22.6. The number of anilines is 1. The van der Waals surface area contributed by atoms with E-state index in [4.69, 9.17) is 11.6 Å². The van der Waals surface area contributed by atoms with Gasteiger partial charge < -0.3 is 9.80 Å². The number of carbonyl (C=O) groups is 1. The minimum absolute atomic E-state index is 0.0366. The molecule has 1 saturated heterocycles. The van der Waals surface area contributed by atoms with Gasteiger partial charge in [0.2, 0.25) is 5.91 Å². The normalized spacial score (nSPS) is 14.9. The van der Waals surface area contributed by atoms with E-state index < -0.39 is 0 Å². The van der Waals surface area contributed by atoms with Crippen LogP contribution in [0.3, 0.4) is 0 Å². The quantitative estimate of drug-likeness (QED) is 0.322. The zero-order valence-corrected chi connectivity index (χ0v) is 20.9. The summed E-state index contributed by atoms with van der Waals surface area (Å²) in [5, 5.41) is 9.68. The van der Waals surface area contributed by atoms with Crippen LogP contribution < -0.4 is 4.90 Å². The highest BCUT2D eigenvalue weighted by Gasteiger charge is 2.31. The molecule has 0 aliphatic carbocycles. The number of hydrogen-bond acceptors (Lipinski definition) is 3. The van der Waals surface area contributed by atoms with Crippen molar-refractivity contribution in [2.75, 3.05) is 18.0 Å². The molecule has 0 saturated carbocycles. The average molecular weight is 502 g/mol. The van der Waals surface area contributed by atoms with Crippen molar-refractivity contribution < 1.29 is 9.18 Å². The Bertz CT molecular complexity index is 1270. The highest BCUT2D eigenvalue weighted by atomic mass is 35.5. The topological polar surface area (TPSA) is 47.3 Å². The van der Waals surface area contributed by atoms with E-state index in [-0.39, 0.29) is 17.8 Å². The molecule has 1 atom stereocenters. The number of allylic oxidation sites excluding steroid dienone is 1. The molecule has 4 rings (SSSR count). The van der Waals surface area contributed by atoms with Gasteiger partial charge in [-0.05, 0) is 60.2 Å². The van der Waals surface area contributed by atoms with Gasteiger partial charge in [0.15, 0.2) is 0 Å². The lowest BCUT2D eigenvalue weighted by Crippen LogP contribution is -2.39. The summed E-state index contributed by atoms with van der Waals surface area (Å²) in [6.07, 6.45) is 4.10. The number of rotatable bonds is 9. The van der Waals surface area contributed by atoms with Crippen molar-refractivity contribution in [2.24, 2.45) is 0 Å². The molecule has 0 aromatic heterocycles. The zero-order valence-electron chi connectivity index (χ0n) is 20.2. The van der Waals surface area contributed by atoms with Crippen LogP contribution in [-0.2, 0) is 24.2 Å². The van der Waals surface area contributed by atoms with E-state index >= 15 is 0 Å². The maximum absolute atomic E-state index is 14.6. The predicted molar refractivity (Wildman–Crippen MR) is 142 cm³/mol. The Kier molecular flexibility index (Phi) is 8.40. The largest absolute Gasteiger partial charge is 0.362 e. The fourth-order valence-corrected chi connectivity index (χ4v) is 5.01. The minimum atomic E-state index is -0.255. The van der Waals surface area contributed by atoms with E-state index in [0.717, 1.165) is 23.2 Å². The number of hydrogen-bond donors (Lipinski definition) is 0. The van der Waals surface area contributed by atoms with Gasteiger partial charge in [0.1, 0.15) is 11.9 Å². The lowest BCUT2D eigenvalue weighted by atomic mass is 10.0. The van der Waals surface area contributed by atoms with Crippen molar-refractivity contribution in [2.45, 2.75) is 38.3 Å². The summed E-state index contributed by atoms with van der Waals surface area (Å²) >= 11 is 6.38.